The van der Waals surface area contributed by atoms with Crippen molar-refractivity contribution in [2.45, 2.75) is 46.5 Å². The first-order valence-corrected chi connectivity index (χ1v) is 5.10. The van der Waals surface area contributed by atoms with E-state index in [0.717, 1.165) is 6.42 Å². The second-order valence-electron chi connectivity index (χ2n) is 4.14. The molecule has 4 heteroatoms. The van der Waals surface area contributed by atoms with Gasteiger partial charge in [0.05, 0.1) is 0 Å². The van der Waals surface area contributed by atoms with Crippen LogP contribution in [0.25, 0.3) is 0 Å². The Bertz CT molecular complexity index is 266. The molecule has 0 amide bonds. The molecular formula is C11H18O4. The highest BCUT2D eigenvalue weighted by atomic mass is 16.4. The Labute approximate surface area is 89.7 Å². The third kappa shape index (κ3) is 4.23. The number of rotatable bonds is 7. The quantitative estimate of drug-likeness (QED) is 0.656. The van der Waals surface area contributed by atoms with Crippen molar-refractivity contribution in [1.29, 1.82) is 0 Å². The van der Waals surface area contributed by atoms with Gasteiger partial charge in [0.25, 0.3) is 0 Å². The highest BCUT2D eigenvalue weighted by molar-refractivity contribution is 6.03. The van der Waals surface area contributed by atoms with Crippen LogP contribution in [-0.2, 0) is 14.4 Å². The van der Waals surface area contributed by atoms with Crippen molar-refractivity contribution < 1.29 is 19.5 Å². The van der Waals surface area contributed by atoms with Crippen LogP contribution in [0.5, 0.6) is 0 Å². The maximum atomic E-state index is 11.5. The van der Waals surface area contributed by atoms with Crippen LogP contribution in [0.4, 0.5) is 0 Å². The summed E-state index contributed by atoms with van der Waals surface area (Å²) in [7, 11) is 0. The molecule has 4 nitrogen and oxygen atoms in total. The minimum absolute atomic E-state index is 0.0204. The smallest absolute Gasteiger partial charge is 0.316 e. The Morgan fingerprint density at radius 2 is 1.60 bits per heavy atom. The molecule has 0 aromatic rings. The van der Waals surface area contributed by atoms with E-state index >= 15 is 0 Å². The molecule has 0 radical (unpaired) electrons. The Morgan fingerprint density at radius 1 is 1.07 bits per heavy atom. The predicted octanol–water partition coefficient (Wildman–Crippen LogP) is 1.82. The summed E-state index contributed by atoms with van der Waals surface area (Å²) >= 11 is 0. The van der Waals surface area contributed by atoms with Crippen LogP contribution in [0.2, 0.25) is 0 Å². The van der Waals surface area contributed by atoms with Crippen LogP contribution < -0.4 is 0 Å². The number of hydrogen-bond acceptors (Lipinski definition) is 3. The molecule has 0 spiro atoms. The summed E-state index contributed by atoms with van der Waals surface area (Å²) in [5, 5.41) is 8.77. The van der Waals surface area contributed by atoms with Gasteiger partial charge in [0, 0.05) is 19.3 Å². The molecular weight excluding hydrogens is 196 g/mol. The Hall–Kier alpha value is -1.19. The Balaban J connectivity index is 4.15. The van der Waals surface area contributed by atoms with E-state index in [4.69, 9.17) is 5.11 Å². The fraction of sp³-hybridized carbons (Fsp3) is 0.727. The number of carboxylic acid groups (broad SMARTS) is 1. The molecule has 0 bridgehead atoms. The lowest BCUT2D eigenvalue weighted by Gasteiger charge is -2.16. The van der Waals surface area contributed by atoms with Gasteiger partial charge in [-0.15, -0.1) is 0 Å². The van der Waals surface area contributed by atoms with Crippen LogP contribution in [0.15, 0.2) is 0 Å². The predicted molar refractivity (Wildman–Crippen MR) is 55.6 cm³/mol. The molecule has 0 aliphatic rings. The summed E-state index contributed by atoms with van der Waals surface area (Å²) in [6.07, 6.45) is 1.40. The minimum atomic E-state index is -1.38. The molecule has 0 saturated carbocycles. The lowest BCUT2D eigenvalue weighted by atomic mass is 9.85. The topological polar surface area (TPSA) is 71.4 Å². The molecule has 0 unspecified atom stereocenters. The van der Waals surface area contributed by atoms with Crippen molar-refractivity contribution in [2.24, 2.45) is 5.41 Å². The normalized spacial score (nSPS) is 11.1. The molecule has 0 aliphatic carbocycles. The average molecular weight is 214 g/mol. The molecule has 0 aromatic heterocycles. The van der Waals surface area contributed by atoms with E-state index in [1.54, 1.807) is 0 Å². The molecule has 0 rings (SSSR count). The van der Waals surface area contributed by atoms with Gasteiger partial charge in [-0.25, -0.2) is 0 Å². The van der Waals surface area contributed by atoms with Crippen molar-refractivity contribution in [3.05, 3.63) is 0 Å². The molecule has 0 fully saturated rings. The van der Waals surface area contributed by atoms with Gasteiger partial charge in [-0.1, -0.05) is 6.92 Å². The van der Waals surface area contributed by atoms with Gasteiger partial charge in [-0.3, -0.25) is 14.4 Å². The van der Waals surface area contributed by atoms with E-state index in [0.29, 0.717) is 6.42 Å². The molecule has 0 heterocycles. The molecule has 1 N–H and O–H groups in total. The molecule has 0 aromatic carbocycles. The number of carbonyl (C=O) groups excluding carboxylic acids is 2. The van der Waals surface area contributed by atoms with Crippen molar-refractivity contribution in [3.63, 3.8) is 0 Å². The van der Waals surface area contributed by atoms with Gasteiger partial charge in [-0.2, -0.15) is 0 Å². The zero-order chi connectivity index (χ0) is 12.1. The molecule has 15 heavy (non-hydrogen) atoms. The van der Waals surface area contributed by atoms with Crippen molar-refractivity contribution in [3.8, 4) is 0 Å². The van der Waals surface area contributed by atoms with Crippen LogP contribution in [0, 0.1) is 5.41 Å². The zero-order valence-corrected chi connectivity index (χ0v) is 9.50. The van der Waals surface area contributed by atoms with E-state index < -0.39 is 11.4 Å². The standard InChI is InChI=1S/C11H18O4/c1-4-5-8(12)6-7-9(13)11(2,3)10(14)15/h4-7H2,1-3H3,(H,14,15). The van der Waals surface area contributed by atoms with Gasteiger partial charge >= 0.3 is 5.97 Å². The number of ketones is 2. The summed E-state index contributed by atoms with van der Waals surface area (Å²) in [6, 6.07) is 0. The summed E-state index contributed by atoms with van der Waals surface area (Å²) in [4.78, 5) is 33.4. The maximum absolute atomic E-state index is 11.5. The highest BCUT2D eigenvalue weighted by Crippen LogP contribution is 2.19. The third-order valence-corrected chi connectivity index (χ3v) is 2.39. The van der Waals surface area contributed by atoms with Gasteiger partial charge in [0.1, 0.15) is 17.0 Å². The minimum Gasteiger partial charge on any atom is -0.481 e. The lowest BCUT2D eigenvalue weighted by molar-refractivity contribution is -0.153. The van der Waals surface area contributed by atoms with E-state index in [9.17, 15) is 14.4 Å². The van der Waals surface area contributed by atoms with Crippen LogP contribution in [-0.4, -0.2) is 22.6 Å². The SMILES string of the molecule is CCCC(=O)CCC(=O)C(C)(C)C(=O)O. The maximum Gasteiger partial charge on any atom is 0.316 e. The average Bonchev–Trinajstić information content (AvgIpc) is 2.14. The van der Waals surface area contributed by atoms with E-state index in [1.807, 2.05) is 6.92 Å². The fourth-order valence-corrected chi connectivity index (χ4v) is 1.09. The molecule has 86 valence electrons. The van der Waals surface area contributed by atoms with Crippen molar-refractivity contribution in [1.82, 2.24) is 0 Å². The zero-order valence-electron chi connectivity index (χ0n) is 9.50. The highest BCUT2D eigenvalue weighted by Gasteiger charge is 2.35. The lowest BCUT2D eigenvalue weighted by Crippen LogP contribution is -2.33. The first-order valence-electron chi connectivity index (χ1n) is 5.10. The summed E-state index contributed by atoms with van der Waals surface area (Å²) in [5.74, 6) is -1.51. The number of carbonyl (C=O) groups is 3. The third-order valence-electron chi connectivity index (χ3n) is 2.39. The second kappa shape index (κ2) is 5.63. The van der Waals surface area contributed by atoms with Crippen LogP contribution in [0.3, 0.4) is 0 Å². The number of aliphatic carboxylic acids is 1. The van der Waals surface area contributed by atoms with Gasteiger partial charge in [0.15, 0.2) is 0 Å². The second-order valence-corrected chi connectivity index (χ2v) is 4.14. The number of hydrogen-bond donors (Lipinski definition) is 1. The summed E-state index contributed by atoms with van der Waals surface area (Å²) < 4.78 is 0. The van der Waals surface area contributed by atoms with Gasteiger partial charge in [-0.05, 0) is 20.3 Å². The summed E-state index contributed by atoms with van der Waals surface area (Å²) in [5.41, 5.74) is -1.38. The van der Waals surface area contributed by atoms with Gasteiger partial charge < -0.3 is 5.11 Å². The number of Topliss-reactive ketones (excluding diaryl/α,β-unsaturated/α-hetero) is 2. The Kier molecular flexibility index (Phi) is 5.19. The van der Waals surface area contributed by atoms with E-state index in [-0.39, 0.29) is 24.4 Å². The number of carboxylic acids is 1. The first-order chi connectivity index (χ1) is 6.82. The fourth-order valence-electron chi connectivity index (χ4n) is 1.09. The van der Waals surface area contributed by atoms with Gasteiger partial charge in [0.2, 0.25) is 0 Å². The monoisotopic (exact) mass is 214 g/mol. The van der Waals surface area contributed by atoms with Crippen LogP contribution in [0.1, 0.15) is 46.5 Å². The van der Waals surface area contributed by atoms with Crippen molar-refractivity contribution >= 4 is 17.5 Å². The Morgan fingerprint density at radius 3 is 2.00 bits per heavy atom. The molecule has 0 saturated heterocycles. The largest absolute Gasteiger partial charge is 0.481 e. The van der Waals surface area contributed by atoms with E-state index in [1.165, 1.54) is 13.8 Å². The van der Waals surface area contributed by atoms with Crippen LogP contribution >= 0.6 is 0 Å². The van der Waals surface area contributed by atoms with Crippen molar-refractivity contribution in [2.75, 3.05) is 0 Å². The first kappa shape index (κ1) is 13.8. The van der Waals surface area contributed by atoms with E-state index in [2.05, 4.69) is 0 Å². The molecule has 0 aliphatic heterocycles. The molecule has 0 atom stereocenters. The summed E-state index contributed by atoms with van der Waals surface area (Å²) in [6.45, 7) is 4.62.